The van der Waals surface area contributed by atoms with Crippen LogP contribution in [0, 0.1) is 6.92 Å². The predicted octanol–water partition coefficient (Wildman–Crippen LogP) is 2.99. The van der Waals surface area contributed by atoms with Gasteiger partial charge < -0.3 is 19.2 Å². The number of carbonyl (C=O) groups excluding carboxylic acids is 1. The first-order valence-corrected chi connectivity index (χ1v) is 9.72. The van der Waals surface area contributed by atoms with Crippen LogP contribution in [0.3, 0.4) is 0 Å². The zero-order valence-electron chi connectivity index (χ0n) is 15.5. The van der Waals surface area contributed by atoms with E-state index in [0.717, 1.165) is 29.8 Å². The van der Waals surface area contributed by atoms with E-state index in [9.17, 15) is 9.59 Å². The van der Waals surface area contributed by atoms with Crippen molar-refractivity contribution in [2.24, 2.45) is 0 Å². The quantitative estimate of drug-likeness (QED) is 0.656. The number of benzene rings is 1. The molecule has 146 valence electrons. The number of anilines is 1. The third-order valence-electron chi connectivity index (χ3n) is 4.72. The van der Waals surface area contributed by atoms with E-state index in [1.165, 1.54) is 11.3 Å². The van der Waals surface area contributed by atoms with Crippen LogP contribution in [0.4, 0.5) is 5.13 Å². The summed E-state index contributed by atoms with van der Waals surface area (Å²) in [7, 11) is 1.54. The van der Waals surface area contributed by atoms with Gasteiger partial charge in [-0.3, -0.25) is 4.79 Å². The molecule has 0 aliphatic carbocycles. The molecule has 1 aliphatic heterocycles. The van der Waals surface area contributed by atoms with Crippen LogP contribution in [0.5, 0.6) is 5.75 Å². The van der Waals surface area contributed by atoms with E-state index in [-0.39, 0.29) is 18.4 Å². The summed E-state index contributed by atoms with van der Waals surface area (Å²) >= 11 is 1.29. The molecule has 0 spiro atoms. The summed E-state index contributed by atoms with van der Waals surface area (Å²) in [5.41, 5.74) is 0.919. The lowest BCUT2D eigenvalue weighted by Crippen LogP contribution is -2.20. The van der Waals surface area contributed by atoms with Crippen LogP contribution < -0.4 is 15.7 Å². The maximum absolute atomic E-state index is 12.4. The molecule has 9 heteroatoms. The van der Waals surface area contributed by atoms with Crippen LogP contribution in [-0.2, 0) is 16.0 Å². The van der Waals surface area contributed by atoms with E-state index in [0.29, 0.717) is 27.6 Å². The Labute approximate surface area is 164 Å². The molecule has 0 bridgehead atoms. The third kappa shape index (κ3) is 3.63. The van der Waals surface area contributed by atoms with Crippen LogP contribution in [0.1, 0.15) is 35.1 Å². The fourth-order valence-electron chi connectivity index (χ4n) is 3.22. The number of methoxy groups -OCH3 is 1. The monoisotopic (exact) mass is 401 g/mol. The van der Waals surface area contributed by atoms with Gasteiger partial charge in [0.2, 0.25) is 11.0 Å². The Balaban J connectivity index is 1.52. The number of hydrogen-bond donors (Lipinski definition) is 1. The molecule has 0 unspecified atom stereocenters. The van der Waals surface area contributed by atoms with Crippen LogP contribution in [0.25, 0.3) is 11.0 Å². The molecule has 2 aromatic heterocycles. The highest BCUT2D eigenvalue weighted by Gasteiger charge is 2.23. The van der Waals surface area contributed by atoms with Crippen molar-refractivity contribution in [2.45, 2.75) is 32.3 Å². The molecular formula is C19H19N3O5S. The second-order valence-corrected chi connectivity index (χ2v) is 7.54. The highest BCUT2D eigenvalue weighted by Crippen LogP contribution is 2.32. The second kappa shape index (κ2) is 7.69. The number of hydrogen-bond acceptors (Lipinski definition) is 8. The number of nitrogens with zero attached hydrogens (tertiary/aromatic N) is 2. The van der Waals surface area contributed by atoms with Crippen molar-refractivity contribution in [2.75, 3.05) is 19.0 Å². The van der Waals surface area contributed by atoms with E-state index < -0.39 is 5.63 Å². The maximum atomic E-state index is 12.4. The van der Waals surface area contributed by atoms with E-state index in [1.54, 1.807) is 26.2 Å². The minimum absolute atomic E-state index is 0.0464. The first-order valence-electron chi connectivity index (χ1n) is 8.90. The molecule has 1 saturated heterocycles. The van der Waals surface area contributed by atoms with Gasteiger partial charge in [-0.25, -0.2) is 4.79 Å². The first kappa shape index (κ1) is 18.6. The lowest BCUT2D eigenvalue weighted by Gasteiger charge is -2.08. The van der Waals surface area contributed by atoms with E-state index >= 15 is 0 Å². The Morgan fingerprint density at radius 3 is 3.00 bits per heavy atom. The summed E-state index contributed by atoms with van der Waals surface area (Å²) in [5, 5.41) is 12.7. The van der Waals surface area contributed by atoms with Crippen LogP contribution in [0.15, 0.2) is 27.4 Å². The fourth-order valence-corrected chi connectivity index (χ4v) is 4.06. The molecule has 3 aromatic rings. The molecule has 0 radical (unpaired) electrons. The zero-order valence-corrected chi connectivity index (χ0v) is 16.3. The Bertz CT molecular complexity index is 1080. The number of aryl methyl sites for hydroxylation is 1. The maximum Gasteiger partial charge on any atom is 0.340 e. The fraction of sp³-hybridized carbons (Fsp3) is 0.368. The summed E-state index contributed by atoms with van der Waals surface area (Å²) in [4.78, 5) is 24.8. The summed E-state index contributed by atoms with van der Waals surface area (Å²) in [6, 6.07) is 5.25. The number of nitrogens with one attached hydrogen (secondary N) is 1. The number of aromatic nitrogens is 2. The van der Waals surface area contributed by atoms with Crippen LogP contribution >= 0.6 is 11.3 Å². The molecule has 4 rings (SSSR count). The molecule has 1 N–H and O–H groups in total. The van der Waals surface area contributed by atoms with E-state index in [4.69, 9.17) is 13.9 Å². The van der Waals surface area contributed by atoms with Crippen molar-refractivity contribution in [3.8, 4) is 5.75 Å². The van der Waals surface area contributed by atoms with Gasteiger partial charge in [0.25, 0.3) is 0 Å². The Morgan fingerprint density at radius 2 is 2.25 bits per heavy atom. The summed E-state index contributed by atoms with van der Waals surface area (Å²) in [5.74, 6) is 0.247. The van der Waals surface area contributed by atoms with Crippen molar-refractivity contribution in [3.05, 3.63) is 44.8 Å². The molecule has 1 aromatic carbocycles. The van der Waals surface area contributed by atoms with Crippen molar-refractivity contribution < 1.29 is 18.7 Å². The third-order valence-corrected chi connectivity index (χ3v) is 5.65. The summed E-state index contributed by atoms with van der Waals surface area (Å²) in [6.07, 6.45) is 1.75. The number of rotatable bonds is 5. The van der Waals surface area contributed by atoms with Crippen molar-refractivity contribution >= 4 is 33.3 Å². The summed E-state index contributed by atoms with van der Waals surface area (Å²) in [6.45, 7) is 2.52. The normalized spacial score (nSPS) is 16.4. The lowest BCUT2D eigenvalue weighted by molar-refractivity contribution is -0.115. The van der Waals surface area contributed by atoms with Crippen LogP contribution in [-0.4, -0.2) is 29.8 Å². The van der Waals surface area contributed by atoms with Gasteiger partial charge in [-0.2, -0.15) is 0 Å². The van der Waals surface area contributed by atoms with Crippen molar-refractivity contribution in [3.63, 3.8) is 0 Å². The van der Waals surface area contributed by atoms with Gasteiger partial charge in [0.15, 0.2) is 0 Å². The van der Waals surface area contributed by atoms with Gasteiger partial charge in [0.1, 0.15) is 22.4 Å². The highest BCUT2D eigenvalue weighted by atomic mass is 32.1. The molecule has 0 saturated carbocycles. The number of carbonyl (C=O) groups is 1. The van der Waals surface area contributed by atoms with E-state index in [2.05, 4.69) is 15.5 Å². The average molecular weight is 401 g/mol. The van der Waals surface area contributed by atoms with Gasteiger partial charge in [-0.05, 0) is 37.5 Å². The molecule has 1 fully saturated rings. The molecule has 1 atom stereocenters. The molecule has 1 amide bonds. The van der Waals surface area contributed by atoms with Gasteiger partial charge in [0, 0.05) is 18.1 Å². The van der Waals surface area contributed by atoms with Crippen LogP contribution in [0.2, 0.25) is 0 Å². The highest BCUT2D eigenvalue weighted by molar-refractivity contribution is 7.15. The minimum atomic E-state index is -0.536. The first-order chi connectivity index (χ1) is 13.5. The molecule has 8 nitrogen and oxygen atoms in total. The SMILES string of the molecule is COc1ccc2c(C)c(CC(=O)Nc3nnc([C@H]4CCCO4)s3)c(=O)oc2c1. The number of ether oxygens (including phenoxy) is 2. The van der Waals surface area contributed by atoms with E-state index in [1.807, 2.05) is 6.07 Å². The molecule has 3 heterocycles. The Hall–Kier alpha value is -2.78. The molecule has 28 heavy (non-hydrogen) atoms. The largest absolute Gasteiger partial charge is 0.497 e. The number of amides is 1. The van der Waals surface area contributed by atoms with Gasteiger partial charge in [-0.1, -0.05) is 11.3 Å². The smallest absolute Gasteiger partial charge is 0.340 e. The Kier molecular flexibility index (Phi) is 5.10. The zero-order chi connectivity index (χ0) is 19.7. The number of fused-ring (bicyclic) bond motifs is 1. The topological polar surface area (TPSA) is 104 Å². The van der Waals surface area contributed by atoms with Crippen molar-refractivity contribution in [1.29, 1.82) is 0 Å². The standard InChI is InChI=1S/C19H19N3O5S/c1-10-12-6-5-11(25-2)8-15(12)27-18(24)13(10)9-16(23)20-19-22-21-17(28-19)14-4-3-7-26-14/h5-6,8,14H,3-4,7,9H2,1-2H3,(H,20,22,23)/t14-/m1/s1. The Morgan fingerprint density at radius 1 is 1.39 bits per heavy atom. The lowest BCUT2D eigenvalue weighted by atomic mass is 10.0. The minimum Gasteiger partial charge on any atom is -0.497 e. The average Bonchev–Trinajstić information content (AvgIpc) is 3.36. The van der Waals surface area contributed by atoms with Gasteiger partial charge in [-0.15, -0.1) is 10.2 Å². The predicted molar refractivity (Wildman–Crippen MR) is 104 cm³/mol. The van der Waals surface area contributed by atoms with Crippen molar-refractivity contribution in [1.82, 2.24) is 10.2 Å². The molecular weight excluding hydrogens is 382 g/mol. The second-order valence-electron chi connectivity index (χ2n) is 6.53. The molecule has 1 aliphatic rings. The van der Waals surface area contributed by atoms with Gasteiger partial charge in [0.05, 0.1) is 19.1 Å². The summed E-state index contributed by atoms with van der Waals surface area (Å²) < 4.78 is 16.1. The van der Waals surface area contributed by atoms with Gasteiger partial charge >= 0.3 is 5.63 Å².